The molecule has 0 aliphatic carbocycles. The smallest absolute Gasteiger partial charge is 0.246 e. The number of aliphatic hydroxyl groups excluding tert-OH is 1. The topological polar surface area (TPSA) is 437 Å². The molecular formula is C43H64N12O14. The molecule has 2 heterocycles. The van der Waals surface area contributed by atoms with Crippen molar-refractivity contribution in [1.82, 2.24) is 42.1 Å². The molecule has 2 fully saturated rings. The second-order valence-electron chi connectivity index (χ2n) is 16.9. The average molecular weight is 973 g/mol. The van der Waals surface area contributed by atoms with Gasteiger partial charge in [0.15, 0.2) is 0 Å². The van der Waals surface area contributed by atoms with E-state index in [9.17, 15) is 67.7 Å². The Morgan fingerprint density at radius 2 is 0.986 bits per heavy atom. The molecule has 0 saturated carbocycles. The summed E-state index contributed by atoms with van der Waals surface area (Å²) in [6.07, 6.45) is -0.103. The van der Waals surface area contributed by atoms with E-state index in [0.29, 0.717) is 18.4 Å². The Morgan fingerprint density at radius 1 is 0.551 bits per heavy atom. The predicted molar refractivity (Wildman–Crippen MR) is 240 cm³/mol. The van der Waals surface area contributed by atoms with Crippen LogP contribution in [0.1, 0.15) is 96.0 Å². The second kappa shape index (κ2) is 27.4. The van der Waals surface area contributed by atoms with Gasteiger partial charge in [0.2, 0.25) is 70.9 Å². The molecule has 8 atom stereocenters. The molecule has 1 aromatic rings. The van der Waals surface area contributed by atoms with Crippen molar-refractivity contribution in [2.75, 3.05) is 13.2 Å². The summed E-state index contributed by atoms with van der Waals surface area (Å²) in [5, 5.41) is 36.6. The van der Waals surface area contributed by atoms with Crippen molar-refractivity contribution >= 4 is 70.9 Å². The van der Waals surface area contributed by atoms with E-state index in [2.05, 4.69) is 37.2 Å². The highest BCUT2D eigenvalue weighted by Gasteiger charge is 2.41. The number of phenolic OH excluding ortho intramolecular Hbond substituents is 1. The molecule has 69 heavy (non-hydrogen) atoms. The summed E-state index contributed by atoms with van der Waals surface area (Å²) < 4.78 is 0. The lowest BCUT2D eigenvalue weighted by atomic mass is 10.0. The molecule has 1 aromatic carbocycles. The molecule has 26 nitrogen and oxygen atoms in total. The maximum atomic E-state index is 14.1. The van der Waals surface area contributed by atoms with Gasteiger partial charge in [-0.2, -0.15) is 0 Å². The summed E-state index contributed by atoms with van der Waals surface area (Å²) in [6.45, 7) is 0.805. The first-order chi connectivity index (χ1) is 32.6. The number of nitrogens with zero attached hydrogens (tertiary/aromatic N) is 1. The normalized spacial score (nSPS) is 24.8. The minimum absolute atomic E-state index is 0.0140. The lowest BCUT2D eigenvalue weighted by molar-refractivity contribution is -0.143. The van der Waals surface area contributed by atoms with Crippen molar-refractivity contribution < 1.29 is 67.7 Å². The number of nitrogens with two attached hydrogens (primary N) is 4. The van der Waals surface area contributed by atoms with Gasteiger partial charge in [0.05, 0.1) is 25.9 Å². The number of hydrogen-bond acceptors (Lipinski definition) is 14. The number of rotatable bonds is 18. The van der Waals surface area contributed by atoms with E-state index >= 15 is 0 Å². The molecule has 2 aliphatic heterocycles. The summed E-state index contributed by atoms with van der Waals surface area (Å²) in [7, 11) is 0. The highest BCUT2D eigenvalue weighted by Crippen LogP contribution is 2.21. The van der Waals surface area contributed by atoms with Crippen LogP contribution in [0.2, 0.25) is 0 Å². The zero-order valence-electron chi connectivity index (χ0n) is 38.3. The Bertz CT molecular complexity index is 2070. The zero-order chi connectivity index (χ0) is 51.4. The number of unbranched alkanes of at least 4 members (excludes halogenated alkanes) is 4. The van der Waals surface area contributed by atoms with Gasteiger partial charge in [-0.1, -0.05) is 51.2 Å². The fraction of sp³-hybridized carbons (Fsp3) is 0.581. The van der Waals surface area contributed by atoms with E-state index in [4.69, 9.17) is 22.9 Å². The molecule has 17 N–H and O–H groups in total. The van der Waals surface area contributed by atoms with E-state index in [-0.39, 0.29) is 38.0 Å². The molecule has 0 radical (unpaired) electrons. The number of nitrogens with one attached hydrogen (secondary N) is 7. The minimum atomic E-state index is -1.90. The summed E-state index contributed by atoms with van der Waals surface area (Å²) in [5.74, 6) is -13.1. The van der Waals surface area contributed by atoms with Gasteiger partial charge in [0.1, 0.15) is 54.1 Å². The van der Waals surface area contributed by atoms with Gasteiger partial charge < -0.3 is 75.3 Å². The molecule has 2 saturated heterocycles. The van der Waals surface area contributed by atoms with E-state index in [0.717, 1.165) is 24.2 Å². The fourth-order valence-corrected chi connectivity index (χ4v) is 7.67. The molecule has 0 bridgehead atoms. The third-order valence-corrected chi connectivity index (χ3v) is 11.3. The van der Waals surface area contributed by atoms with Crippen LogP contribution in [-0.4, -0.2) is 147 Å². The first-order valence-electron chi connectivity index (χ1n) is 22.6. The van der Waals surface area contributed by atoms with Crippen molar-refractivity contribution in [2.45, 2.75) is 145 Å². The number of fused-ring (bicyclic) bond motifs is 1. The molecule has 26 heteroatoms. The Labute approximate surface area is 396 Å². The summed E-state index contributed by atoms with van der Waals surface area (Å²) >= 11 is 0. The first-order valence-corrected chi connectivity index (χ1v) is 22.6. The quantitative estimate of drug-likeness (QED) is 0.0611. The highest BCUT2D eigenvalue weighted by molar-refractivity contribution is 6.01. The zero-order valence-corrected chi connectivity index (χ0v) is 38.3. The van der Waals surface area contributed by atoms with E-state index in [1.165, 1.54) is 24.3 Å². The number of amides is 12. The molecular weight excluding hydrogens is 909 g/mol. The number of hydrogen-bond donors (Lipinski definition) is 13. The van der Waals surface area contributed by atoms with E-state index in [1.807, 2.05) is 6.92 Å². The monoisotopic (exact) mass is 972 g/mol. The maximum absolute atomic E-state index is 14.1. The SMILES string of the molecule is CCCCCCCC1NC(=O)[C@H]2CCCN2C(=O)[C@H](CC(N)=O)NC(=O)[C@H](CO)NC(=O)[C@H](CCC(N)=O)NC(=O)[C@H](CC(N)=O)NC(=O)[C@@H](Cc2ccc(O)cc2)NC(=O)[C@H](CC(N)=O)NC1=O. The van der Waals surface area contributed by atoms with Gasteiger partial charge in [-0.05, 0) is 43.4 Å². The van der Waals surface area contributed by atoms with Crippen molar-refractivity contribution in [3.05, 3.63) is 29.8 Å². The summed E-state index contributed by atoms with van der Waals surface area (Å²) in [6, 6.07) is -8.11. The van der Waals surface area contributed by atoms with Gasteiger partial charge in [-0.25, -0.2) is 0 Å². The van der Waals surface area contributed by atoms with Gasteiger partial charge in [0, 0.05) is 19.4 Å². The van der Waals surface area contributed by atoms with Crippen LogP contribution in [-0.2, 0) is 64.0 Å². The minimum Gasteiger partial charge on any atom is -0.508 e. The Hall–Kier alpha value is -7.38. The number of carbonyl (C=O) groups excluding carboxylic acids is 12. The lowest BCUT2D eigenvalue weighted by Gasteiger charge is -2.31. The van der Waals surface area contributed by atoms with E-state index < -0.39 is 158 Å². The van der Waals surface area contributed by atoms with Crippen LogP contribution in [0.3, 0.4) is 0 Å². The van der Waals surface area contributed by atoms with Crippen molar-refractivity contribution in [2.24, 2.45) is 22.9 Å². The predicted octanol–water partition coefficient (Wildman–Crippen LogP) is -5.42. The number of primary amides is 4. The maximum Gasteiger partial charge on any atom is 0.246 e. The Kier molecular flexibility index (Phi) is 22.2. The second-order valence-corrected chi connectivity index (χ2v) is 16.9. The molecule has 3 rings (SSSR count). The van der Waals surface area contributed by atoms with Crippen LogP contribution in [0.25, 0.3) is 0 Å². The molecule has 380 valence electrons. The molecule has 2 aliphatic rings. The third-order valence-electron chi connectivity index (χ3n) is 11.3. The molecule has 12 amide bonds. The number of phenols is 1. The largest absolute Gasteiger partial charge is 0.508 e. The Balaban J connectivity index is 2.19. The number of carbonyl (C=O) groups is 12. The number of aromatic hydroxyl groups is 1. The standard InChI is InChI=1S/C43H64N12O14/c1-2-3-4-5-6-8-24-36(62)51-28(19-34(46)60)40(66)50-26(17-22-10-12-23(57)13-11-22)38(64)52-27(18-33(45)59)39(65)48-25(14-15-32(44)58)37(63)54-30(21-56)41(67)53-29(20-35(47)61)43(69)55-16-7-9-31(55)42(68)49-24/h10-13,24-31,56-57H,2-9,14-21H2,1H3,(H2,44,58)(H2,45,59)(H2,46,60)(H2,47,61)(H,48,65)(H,49,68)(H,50,66)(H,51,62)(H,52,64)(H,53,67)(H,54,63)/t24?,25-,26+,27-,28-,29-,30-,31+/m0/s1. The molecule has 0 spiro atoms. The van der Waals surface area contributed by atoms with E-state index in [1.54, 1.807) is 0 Å². The van der Waals surface area contributed by atoms with Crippen LogP contribution >= 0.6 is 0 Å². The fourth-order valence-electron chi connectivity index (χ4n) is 7.67. The van der Waals surface area contributed by atoms with Gasteiger partial charge in [-0.15, -0.1) is 0 Å². The van der Waals surface area contributed by atoms with Crippen molar-refractivity contribution in [1.29, 1.82) is 0 Å². The van der Waals surface area contributed by atoms with Crippen molar-refractivity contribution in [3.63, 3.8) is 0 Å². The molecule has 1 unspecified atom stereocenters. The highest BCUT2D eigenvalue weighted by atomic mass is 16.3. The van der Waals surface area contributed by atoms with Gasteiger partial charge >= 0.3 is 0 Å². The Morgan fingerprint density at radius 3 is 1.52 bits per heavy atom. The summed E-state index contributed by atoms with van der Waals surface area (Å²) in [4.78, 5) is 161. The van der Waals surface area contributed by atoms with Crippen LogP contribution in [0.5, 0.6) is 5.75 Å². The van der Waals surface area contributed by atoms with Gasteiger partial charge in [-0.3, -0.25) is 57.5 Å². The number of benzene rings is 1. The van der Waals surface area contributed by atoms with Crippen LogP contribution < -0.4 is 60.2 Å². The average Bonchev–Trinajstić information content (AvgIpc) is 3.78. The lowest BCUT2D eigenvalue weighted by Crippen LogP contribution is -2.62. The van der Waals surface area contributed by atoms with Crippen molar-refractivity contribution in [3.8, 4) is 5.75 Å². The third kappa shape index (κ3) is 18.3. The van der Waals surface area contributed by atoms with Gasteiger partial charge in [0.25, 0.3) is 0 Å². The summed E-state index contributed by atoms with van der Waals surface area (Å²) in [5.41, 5.74) is 22.0. The van der Waals surface area contributed by atoms with Crippen LogP contribution in [0.4, 0.5) is 0 Å². The van der Waals surface area contributed by atoms with Crippen LogP contribution in [0, 0.1) is 0 Å². The number of aliphatic hydroxyl groups is 1. The first kappa shape index (κ1) is 55.9. The molecule has 0 aromatic heterocycles. The van der Waals surface area contributed by atoms with Crippen LogP contribution in [0.15, 0.2) is 24.3 Å².